The topological polar surface area (TPSA) is 88.1 Å². The lowest BCUT2D eigenvalue weighted by molar-refractivity contribution is 0.269. The van der Waals surface area contributed by atoms with Crippen LogP contribution in [0.15, 0.2) is 52.2 Å². The number of halogens is 2. The molecule has 31 heavy (non-hydrogen) atoms. The molecule has 0 amide bonds. The molecule has 0 atom stereocenters. The predicted octanol–water partition coefficient (Wildman–Crippen LogP) is 2.79. The van der Waals surface area contributed by atoms with Crippen LogP contribution in [0.2, 0.25) is 0 Å². The first-order valence-electron chi connectivity index (χ1n) is 9.95. The van der Waals surface area contributed by atoms with Gasteiger partial charge in [-0.1, -0.05) is 18.2 Å². The van der Waals surface area contributed by atoms with Crippen LogP contribution < -0.4 is 5.69 Å². The number of hydrogen-bond donors (Lipinski definition) is 1. The normalized spacial score (nSPS) is 16.0. The molecule has 0 saturated carbocycles. The summed E-state index contributed by atoms with van der Waals surface area (Å²) in [5.74, 6) is -1.55. The number of hydrogen-bond acceptors (Lipinski definition) is 4. The van der Waals surface area contributed by atoms with Crippen LogP contribution in [0.25, 0.3) is 5.69 Å². The van der Waals surface area contributed by atoms with E-state index in [1.807, 2.05) is 31.2 Å². The number of aromatic nitrogens is 3. The van der Waals surface area contributed by atoms with Crippen molar-refractivity contribution in [3.8, 4) is 5.69 Å². The number of benzene rings is 2. The average molecular weight is 448 g/mol. The van der Waals surface area contributed by atoms with Gasteiger partial charge in [0.05, 0.1) is 10.6 Å². The number of aromatic amines is 1. The molecular formula is C21H22F2N4O3S. The van der Waals surface area contributed by atoms with Crippen molar-refractivity contribution in [2.75, 3.05) is 13.1 Å². The first-order valence-corrected chi connectivity index (χ1v) is 11.4. The fraction of sp³-hybridized carbons (Fsp3) is 0.333. The SMILES string of the molecule is Cc1ccccc1-n1c(CC2CCN(S(=O)(=O)c3ccc(F)c(F)c3)CC2)n[nH]c1=O. The van der Waals surface area contributed by atoms with Crippen LogP contribution in [-0.4, -0.2) is 40.6 Å². The molecule has 1 aliphatic heterocycles. The molecule has 1 saturated heterocycles. The fourth-order valence-electron chi connectivity index (χ4n) is 3.93. The quantitative estimate of drug-likeness (QED) is 0.650. The molecule has 1 N–H and O–H groups in total. The van der Waals surface area contributed by atoms with Gasteiger partial charge in [-0.3, -0.25) is 0 Å². The van der Waals surface area contributed by atoms with Gasteiger partial charge in [-0.2, -0.15) is 9.40 Å². The summed E-state index contributed by atoms with van der Waals surface area (Å²) < 4.78 is 55.0. The van der Waals surface area contributed by atoms with Crippen LogP contribution in [0, 0.1) is 24.5 Å². The molecule has 0 radical (unpaired) electrons. The Kier molecular flexibility index (Phi) is 5.76. The van der Waals surface area contributed by atoms with E-state index in [1.165, 1.54) is 4.31 Å². The van der Waals surface area contributed by atoms with Gasteiger partial charge in [0.2, 0.25) is 10.0 Å². The Labute approximate surface area is 178 Å². The Bertz CT molecular complexity index is 1260. The number of rotatable bonds is 5. The van der Waals surface area contributed by atoms with Crippen molar-refractivity contribution in [3.63, 3.8) is 0 Å². The summed E-state index contributed by atoms with van der Waals surface area (Å²) in [7, 11) is -3.90. The van der Waals surface area contributed by atoms with E-state index in [0.29, 0.717) is 31.2 Å². The van der Waals surface area contributed by atoms with Crippen LogP contribution in [0.1, 0.15) is 24.2 Å². The van der Waals surface area contributed by atoms with Crippen molar-refractivity contribution in [1.29, 1.82) is 0 Å². The second kappa shape index (κ2) is 8.35. The summed E-state index contributed by atoms with van der Waals surface area (Å²) in [6.07, 6.45) is 1.65. The van der Waals surface area contributed by atoms with Gasteiger partial charge in [0.25, 0.3) is 0 Å². The van der Waals surface area contributed by atoms with Crippen LogP contribution >= 0.6 is 0 Å². The van der Waals surface area contributed by atoms with E-state index in [9.17, 15) is 22.0 Å². The number of para-hydroxylation sites is 1. The molecule has 0 spiro atoms. The highest BCUT2D eigenvalue weighted by Gasteiger charge is 2.31. The molecule has 2 heterocycles. The summed E-state index contributed by atoms with van der Waals surface area (Å²) in [6, 6.07) is 10.1. The molecule has 2 aromatic carbocycles. The molecule has 1 aliphatic rings. The Balaban J connectivity index is 1.48. The zero-order valence-electron chi connectivity index (χ0n) is 16.9. The van der Waals surface area contributed by atoms with Crippen molar-refractivity contribution in [1.82, 2.24) is 19.1 Å². The smallest absolute Gasteiger partial charge is 0.247 e. The molecule has 1 fully saturated rings. The lowest BCUT2D eigenvalue weighted by Gasteiger charge is -2.31. The zero-order valence-corrected chi connectivity index (χ0v) is 17.7. The van der Waals surface area contributed by atoms with Gasteiger partial charge in [-0.25, -0.2) is 31.7 Å². The predicted molar refractivity (Wildman–Crippen MR) is 110 cm³/mol. The number of sulfonamides is 1. The van der Waals surface area contributed by atoms with Gasteiger partial charge in [-0.15, -0.1) is 0 Å². The fourth-order valence-corrected chi connectivity index (χ4v) is 5.41. The van der Waals surface area contributed by atoms with Gasteiger partial charge >= 0.3 is 5.69 Å². The van der Waals surface area contributed by atoms with E-state index in [4.69, 9.17) is 0 Å². The maximum atomic E-state index is 13.5. The molecule has 164 valence electrons. The Morgan fingerprint density at radius 3 is 2.48 bits per heavy atom. The molecule has 1 aromatic heterocycles. The maximum absolute atomic E-state index is 13.5. The highest BCUT2D eigenvalue weighted by Crippen LogP contribution is 2.27. The van der Waals surface area contributed by atoms with Gasteiger partial charge < -0.3 is 0 Å². The van der Waals surface area contributed by atoms with Crippen LogP contribution in [0.3, 0.4) is 0 Å². The van der Waals surface area contributed by atoms with E-state index in [0.717, 1.165) is 23.4 Å². The minimum absolute atomic E-state index is 0.134. The zero-order chi connectivity index (χ0) is 22.2. The van der Waals surface area contributed by atoms with Crippen LogP contribution in [-0.2, 0) is 16.4 Å². The molecule has 0 aliphatic carbocycles. The monoisotopic (exact) mass is 448 g/mol. The lowest BCUT2D eigenvalue weighted by Crippen LogP contribution is -2.39. The van der Waals surface area contributed by atoms with Crippen molar-refractivity contribution in [2.24, 2.45) is 5.92 Å². The number of nitrogens with one attached hydrogen (secondary N) is 1. The lowest BCUT2D eigenvalue weighted by atomic mass is 9.94. The number of nitrogens with zero attached hydrogens (tertiary/aromatic N) is 3. The second-order valence-electron chi connectivity index (χ2n) is 7.69. The Hall–Kier alpha value is -2.85. The van der Waals surface area contributed by atoms with Crippen molar-refractivity contribution in [3.05, 3.63) is 76.0 Å². The van der Waals surface area contributed by atoms with Gasteiger partial charge in [0.15, 0.2) is 11.6 Å². The van der Waals surface area contributed by atoms with Crippen LogP contribution in [0.4, 0.5) is 8.78 Å². The highest BCUT2D eigenvalue weighted by atomic mass is 32.2. The van der Waals surface area contributed by atoms with Crippen LogP contribution in [0.5, 0.6) is 0 Å². The van der Waals surface area contributed by atoms with Crippen molar-refractivity contribution < 1.29 is 17.2 Å². The second-order valence-corrected chi connectivity index (χ2v) is 9.63. The third-order valence-electron chi connectivity index (χ3n) is 5.67. The minimum Gasteiger partial charge on any atom is -0.247 e. The highest BCUT2D eigenvalue weighted by molar-refractivity contribution is 7.89. The molecule has 0 bridgehead atoms. The summed E-state index contributed by atoms with van der Waals surface area (Å²) in [4.78, 5) is 12.1. The van der Waals surface area contributed by atoms with Gasteiger partial charge in [0, 0.05) is 19.5 Å². The van der Waals surface area contributed by atoms with E-state index < -0.39 is 21.7 Å². The number of H-pyrrole nitrogens is 1. The summed E-state index contributed by atoms with van der Waals surface area (Å²) in [6.45, 7) is 2.43. The minimum atomic E-state index is -3.90. The van der Waals surface area contributed by atoms with Crippen molar-refractivity contribution in [2.45, 2.75) is 31.1 Å². The third-order valence-corrected chi connectivity index (χ3v) is 7.57. The standard InChI is InChI=1S/C21H22F2N4O3S/c1-14-4-2-3-5-19(14)27-20(24-25-21(27)28)12-15-8-10-26(11-9-15)31(29,30)16-6-7-17(22)18(23)13-16/h2-7,13,15H,8-12H2,1H3,(H,25,28). The summed E-state index contributed by atoms with van der Waals surface area (Å²) in [5, 5.41) is 6.68. The van der Waals surface area contributed by atoms with E-state index in [2.05, 4.69) is 10.2 Å². The molecule has 7 nitrogen and oxygen atoms in total. The summed E-state index contributed by atoms with van der Waals surface area (Å²) in [5.41, 5.74) is 1.39. The van der Waals surface area contributed by atoms with Gasteiger partial charge in [0.1, 0.15) is 5.82 Å². The van der Waals surface area contributed by atoms with Crippen molar-refractivity contribution >= 4 is 10.0 Å². The van der Waals surface area contributed by atoms with Gasteiger partial charge in [-0.05, 0) is 55.5 Å². The number of piperidine rings is 1. The first-order chi connectivity index (χ1) is 14.8. The molecule has 4 rings (SSSR count). The van der Waals surface area contributed by atoms with E-state index in [1.54, 1.807) is 4.57 Å². The Morgan fingerprint density at radius 2 is 1.81 bits per heavy atom. The molecule has 3 aromatic rings. The first kappa shape index (κ1) is 21.4. The molecule has 0 unspecified atom stereocenters. The van der Waals surface area contributed by atoms with E-state index in [-0.39, 0.29) is 29.6 Å². The molecule has 10 heteroatoms. The molecular weight excluding hydrogens is 426 g/mol. The third kappa shape index (κ3) is 4.17. The Morgan fingerprint density at radius 1 is 1.10 bits per heavy atom. The number of aryl methyl sites for hydroxylation is 1. The maximum Gasteiger partial charge on any atom is 0.347 e. The largest absolute Gasteiger partial charge is 0.347 e. The summed E-state index contributed by atoms with van der Waals surface area (Å²) >= 11 is 0. The van der Waals surface area contributed by atoms with E-state index >= 15 is 0 Å². The average Bonchev–Trinajstić information content (AvgIpc) is 3.10.